The van der Waals surface area contributed by atoms with Crippen LogP contribution < -0.4 is 5.32 Å². The number of nitrogens with zero attached hydrogens (tertiary/aromatic N) is 1. The lowest BCUT2D eigenvalue weighted by Crippen LogP contribution is -2.55. The molecule has 0 spiro atoms. The van der Waals surface area contributed by atoms with Gasteiger partial charge < -0.3 is 5.32 Å². The summed E-state index contributed by atoms with van der Waals surface area (Å²) in [5.74, 6) is -3.66. The molecule has 2 rings (SSSR count). The average molecular weight is 267 g/mol. The van der Waals surface area contributed by atoms with Gasteiger partial charge in [-0.25, -0.2) is 13.2 Å². The van der Waals surface area contributed by atoms with Gasteiger partial charge in [-0.15, -0.1) is 12.4 Å². The average Bonchev–Trinajstić information content (AvgIpc) is 2.10. The third-order valence-electron chi connectivity index (χ3n) is 2.86. The monoisotopic (exact) mass is 266 g/mol. The minimum absolute atomic E-state index is 0. The van der Waals surface area contributed by atoms with Gasteiger partial charge in [0.15, 0.2) is 17.5 Å². The molecule has 1 aliphatic rings. The van der Waals surface area contributed by atoms with Gasteiger partial charge in [-0.3, -0.25) is 4.90 Å². The predicted octanol–water partition coefficient (Wildman–Crippen LogP) is 1.93. The molecule has 0 bridgehead atoms. The lowest BCUT2D eigenvalue weighted by molar-refractivity contribution is 0.172. The molecule has 17 heavy (non-hydrogen) atoms. The van der Waals surface area contributed by atoms with E-state index in [4.69, 9.17) is 0 Å². The number of nitrogens with one attached hydrogen (secondary N) is 1. The van der Waals surface area contributed by atoms with Gasteiger partial charge in [-0.2, -0.15) is 0 Å². The maximum Gasteiger partial charge on any atom is 0.194 e. The summed E-state index contributed by atoms with van der Waals surface area (Å²) < 4.78 is 38.6. The quantitative estimate of drug-likeness (QED) is 0.841. The van der Waals surface area contributed by atoms with E-state index in [0.717, 1.165) is 25.2 Å². The Hall–Kier alpha value is -0.780. The van der Waals surface area contributed by atoms with Crippen LogP contribution in [0.3, 0.4) is 0 Å². The van der Waals surface area contributed by atoms with Crippen LogP contribution in [0.25, 0.3) is 0 Å². The van der Waals surface area contributed by atoms with Crippen LogP contribution in [-0.2, 0) is 6.54 Å². The Labute approximate surface area is 104 Å². The number of hydrogen-bond donors (Lipinski definition) is 1. The van der Waals surface area contributed by atoms with Crippen molar-refractivity contribution >= 4 is 12.4 Å². The molecular formula is C11H14ClF3N2. The largest absolute Gasteiger partial charge is 0.314 e. The van der Waals surface area contributed by atoms with Crippen LogP contribution in [0, 0.1) is 17.5 Å². The van der Waals surface area contributed by atoms with Crippen molar-refractivity contribution < 1.29 is 13.2 Å². The molecule has 1 aromatic carbocycles. The maximum atomic E-state index is 12.9. The van der Waals surface area contributed by atoms with Gasteiger partial charge >= 0.3 is 0 Å². The third-order valence-corrected chi connectivity index (χ3v) is 2.86. The molecule has 0 atom stereocenters. The van der Waals surface area contributed by atoms with Gasteiger partial charge in [0, 0.05) is 25.7 Å². The first kappa shape index (κ1) is 14.3. The molecule has 2 nitrogen and oxygen atoms in total. The van der Waals surface area contributed by atoms with Crippen LogP contribution in [0.5, 0.6) is 0 Å². The summed E-state index contributed by atoms with van der Waals surface area (Å²) in [4.78, 5) is 1.99. The normalized spacial score (nSPS) is 15.6. The Morgan fingerprint density at radius 3 is 2.18 bits per heavy atom. The zero-order valence-corrected chi connectivity index (χ0v) is 10.2. The van der Waals surface area contributed by atoms with Crippen molar-refractivity contribution in [2.45, 2.75) is 12.6 Å². The van der Waals surface area contributed by atoms with Crippen molar-refractivity contribution in [3.8, 4) is 0 Å². The topological polar surface area (TPSA) is 15.3 Å². The highest BCUT2D eigenvalue weighted by atomic mass is 35.5. The number of hydrogen-bond acceptors (Lipinski definition) is 2. The van der Waals surface area contributed by atoms with Gasteiger partial charge in [-0.05, 0) is 24.7 Å². The van der Waals surface area contributed by atoms with Crippen LogP contribution in [0.15, 0.2) is 12.1 Å². The summed E-state index contributed by atoms with van der Waals surface area (Å²) in [5, 5.41) is 3.11. The minimum Gasteiger partial charge on any atom is -0.314 e. The van der Waals surface area contributed by atoms with E-state index in [1.54, 1.807) is 0 Å². The predicted molar refractivity (Wildman–Crippen MR) is 61.7 cm³/mol. The van der Waals surface area contributed by atoms with E-state index < -0.39 is 17.5 Å². The Morgan fingerprint density at radius 1 is 1.24 bits per heavy atom. The van der Waals surface area contributed by atoms with Crippen LogP contribution in [0.2, 0.25) is 0 Å². The fraction of sp³-hybridized carbons (Fsp3) is 0.455. The summed E-state index contributed by atoms with van der Waals surface area (Å²) in [6.07, 6.45) is 0. The molecule has 0 amide bonds. The number of likely N-dealkylation sites (N-methyl/N-ethyl adjacent to an activating group) is 1. The number of halogens is 4. The summed E-state index contributed by atoms with van der Waals surface area (Å²) in [7, 11) is 1.88. The van der Waals surface area contributed by atoms with Crippen molar-refractivity contribution in [2.75, 3.05) is 20.1 Å². The standard InChI is InChI=1S/C11H13F3N2.ClH/c1-16(8-4-15-5-8)6-7-2-9(12)11(14)10(13)3-7;/h2-3,8,15H,4-6H2,1H3;1H. The van der Waals surface area contributed by atoms with Gasteiger partial charge in [0.2, 0.25) is 0 Å². The molecule has 1 aliphatic heterocycles. The van der Waals surface area contributed by atoms with Crippen molar-refractivity contribution in [2.24, 2.45) is 0 Å². The summed E-state index contributed by atoms with van der Waals surface area (Å²) in [6.45, 7) is 2.17. The third kappa shape index (κ3) is 3.12. The zero-order valence-electron chi connectivity index (χ0n) is 9.34. The first-order valence-corrected chi connectivity index (χ1v) is 5.12. The van der Waals surface area contributed by atoms with Crippen molar-refractivity contribution in [1.82, 2.24) is 10.2 Å². The van der Waals surface area contributed by atoms with E-state index in [1.165, 1.54) is 0 Å². The molecule has 6 heteroatoms. The highest BCUT2D eigenvalue weighted by Gasteiger charge is 2.22. The second-order valence-electron chi connectivity index (χ2n) is 4.10. The van der Waals surface area contributed by atoms with E-state index in [2.05, 4.69) is 5.32 Å². The zero-order chi connectivity index (χ0) is 11.7. The molecule has 1 heterocycles. The van der Waals surface area contributed by atoms with Crippen LogP contribution >= 0.6 is 12.4 Å². The van der Waals surface area contributed by atoms with Crippen molar-refractivity contribution in [1.29, 1.82) is 0 Å². The molecule has 1 saturated heterocycles. The Kier molecular flexibility index (Phi) is 4.80. The summed E-state index contributed by atoms with van der Waals surface area (Å²) >= 11 is 0. The van der Waals surface area contributed by atoms with E-state index in [-0.39, 0.29) is 12.4 Å². The highest BCUT2D eigenvalue weighted by molar-refractivity contribution is 5.85. The summed E-state index contributed by atoms with van der Waals surface area (Å²) in [6, 6.07) is 2.47. The lowest BCUT2D eigenvalue weighted by Gasteiger charge is -2.35. The van der Waals surface area contributed by atoms with Crippen LogP contribution in [0.1, 0.15) is 5.56 Å². The maximum absolute atomic E-state index is 12.9. The fourth-order valence-electron chi connectivity index (χ4n) is 1.70. The molecule has 96 valence electrons. The fourth-order valence-corrected chi connectivity index (χ4v) is 1.70. The van der Waals surface area contributed by atoms with E-state index in [0.29, 0.717) is 18.2 Å². The van der Waals surface area contributed by atoms with E-state index >= 15 is 0 Å². The van der Waals surface area contributed by atoms with E-state index in [9.17, 15) is 13.2 Å². The van der Waals surface area contributed by atoms with Gasteiger partial charge in [0.1, 0.15) is 0 Å². The van der Waals surface area contributed by atoms with Crippen molar-refractivity contribution in [3.63, 3.8) is 0 Å². The number of rotatable bonds is 3. The smallest absolute Gasteiger partial charge is 0.194 e. The van der Waals surface area contributed by atoms with Gasteiger partial charge in [-0.1, -0.05) is 0 Å². The Morgan fingerprint density at radius 2 is 1.76 bits per heavy atom. The highest BCUT2D eigenvalue weighted by Crippen LogP contribution is 2.16. The van der Waals surface area contributed by atoms with Gasteiger partial charge in [0.05, 0.1) is 0 Å². The van der Waals surface area contributed by atoms with Crippen LogP contribution in [0.4, 0.5) is 13.2 Å². The lowest BCUT2D eigenvalue weighted by atomic mass is 10.1. The second-order valence-corrected chi connectivity index (χ2v) is 4.10. The number of benzene rings is 1. The van der Waals surface area contributed by atoms with Crippen LogP contribution in [-0.4, -0.2) is 31.1 Å². The molecule has 0 aliphatic carbocycles. The SMILES string of the molecule is CN(Cc1cc(F)c(F)c(F)c1)C1CNC1.Cl. The molecule has 1 fully saturated rings. The van der Waals surface area contributed by atoms with Gasteiger partial charge in [0.25, 0.3) is 0 Å². The Bertz CT molecular complexity index is 373. The molecule has 1 N–H and O–H groups in total. The molecule has 1 aromatic rings. The molecule has 0 saturated carbocycles. The molecular weight excluding hydrogens is 253 g/mol. The van der Waals surface area contributed by atoms with E-state index in [1.807, 2.05) is 11.9 Å². The molecule has 0 unspecified atom stereocenters. The Balaban J connectivity index is 0.00000144. The second kappa shape index (κ2) is 5.71. The minimum atomic E-state index is -1.41. The molecule has 0 aromatic heterocycles. The molecule has 0 radical (unpaired) electrons. The first-order chi connectivity index (χ1) is 7.58. The summed E-state index contributed by atoms with van der Waals surface area (Å²) in [5.41, 5.74) is 0.450. The first-order valence-electron chi connectivity index (χ1n) is 5.12. The van der Waals surface area contributed by atoms with Crippen molar-refractivity contribution in [3.05, 3.63) is 35.1 Å².